The molecule has 0 fully saturated rings. The van der Waals surface area contributed by atoms with E-state index in [1.807, 2.05) is 13.8 Å². The number of carboxylic acid groups (broad SMARTS) is 1. The van der Waals surface area contributed by atoms with Crippen LogP contribution in [0.3, 0.4) is 0 Å². The fourth-order valence-electron chi connectivity index (χ4n) is 1.16. The number of aliphatic carboxylic acids is 1. The average Bonchev–Trinajstić information content (AvgIpc) is 2.19. The molecule has 2 N–H and O–H groups in total. The number of hydrogen-bond donors (Lipinski definition) is 2. The van der Waals surface area contributed by atoms with Crippen LogP contribution < -0.4 is 5.32 Å². The first-order chi connectivity index (χ1) is 7.39. The van der Waals surface area contributed by atoms with Gasteiger partial charge in [0.25, 0.3) is 0 Å². The van der Waals surface area contributed by atoms with Crippen molar-refractivity contribution in [3.63, 3.8) is 0 Å². The number of rotatable bonds is 5. The number of nitrogens with one attached hydrogen (secondary N) is 1. The van der Waals surface area contributed by atoms with Gasteiger partial charge in [0.05, 0.1) is 12.4 Å². The van der Waals surface area contributed by atoms with Crippen molar-refractivity contribution in [3.8, 4) is 0 Å². The summed E-state index contributed by atoms with van der Waals surface area (Å²) in [4.78, 5) is 17.9. The van der Waals surface area contributed by atoms with Crippen molar-refractivity contribution in [2.75, 3.05) is 5.32 Å². The van der Waals surface area contributed by atoms with Crippen LogP contribution in [0.25, 0.3) is 0 Å². The van der Waals surface area contributed by atoms with Crippen LogP contribution >= 0.6 is 0 Å². The van der Waals surface area contributed by atoms with Crippen LogP contribution in [0.4, 0.5) is 10.3 Å². The number of hydrogen-bond acceptors (Lipinski definition) is 4. The molecule has 0 aliphatic rings. The monoisotopic (exact) mass is 227 g/mol. The number of nitrogens with zero attached hydrogens (tertiary/aromatic N) is 2. The first kappa shape index (κ1) is 12.4. The lowest BCUT2D eigenvalue weighted by Gasteiger charge is -2.25. The predicted octanol–water partition coefficient (Wildman–Crippen LogP) is 1.67. The standard InChI is InChI=1S/C10H14FN3O2/c1-10(2,4-3-8(15)16)14-9-12-5-7(11)6-13-9/h5-6H,3-4H2,1-2H3,(H,15,16)(H,12,13,14). The highest BCUT2D eigenvalue weighted by atomic mass is 19.1. The summed E-state index contributed by atoms with van der Waals surface area (Å²) in [6, 6.07) is 0. The number of carbonyl (C=O) groups is 1. The fraction of sp³-hybridized carbons (Fsp3) is 0.500. The highest BCUT2D eigenvalue weighted by molar-refractivity contribution is 5.66. The van der Waals surface area contributed by atoms with Gasteiger partial charge in [0, 0.05) is 12.0 Å². The van der Waals surface area contributed by atoms with Gasteiger partial charge >= 0.3 is 5.97 Å². The molecule has 0 saturated heterocycles. The molecule has 0 radical (unpaired) electrons. The molecule has 6 heteroatoms. The number of carboxylic acids is 1. The third kappa shape index (κ3) is 4.20. The second-order valence-corrected chi connectivity index (χ2v) is 4.13. The highest BCUT2D eigenvalue weighted by Crippen LogP contribution is 2.16. The topological polar surface area (TPSA) is 75.1 Å². The van der Waals surface area contributed by atoms with E-state index in [0.29, 0.717) is 6.42 Å². The Morgan fingerprint density at radius 2 is 2.06 bits per heavy atom. The average molecular weight is 227 g/mol. The summed E-state index contributed by atoms with van der Waals surface area (Å²) in [5.74, 6) is -1.07. The Morgan fingerprint density at radius 1 is 1.50 bits per heavy atom. The molecule has 5 nitrogen and oxygen atoms in total. The van der Waals surface area contributed by atoms with Crippen molar-refractivity contribution >= 4 is 11.9 Å². The van der Waals surface area contributed by atoms with Crippen LogP contribution in [0.15, 0.2) is 12.4 Å². The van der Waals surface area contributed by atoms with Gasteiger partial charge in [0.2, 0.25) is 5.95 Å². The van der Waals surface area contributed by atoms with Crippen molar-refractivity contribution in [3.05, 3.63) is 18.2 Å². The van der Waals surface area contributed by atoms with Crippen molar-refractivity contribution in [1.82, 2.24) is 9.97 Å². The molecule has 0 unspecified atom stereocenters. The van der Waals surface area contributed by atoms with Gasteiger partial charge in [0.15, 0.2) is 5.82 Å². The molecule has 0 aliphatic heterocycles. The van der Waals surface area contributed by atoms with Crippen molar-refractivity contribution in [2.24, 2.45) is 0 Å². The molecule has 1 rings (SSSR count). The van der Waals surface area contributed by atoms with Gasteiger partial charge in [0.1, 0.15) is 0 Å². The van der Waals surface area contributed by atoms with E-state index in [1.54, 1.807) is 0 Å². The van der Waals surface area contributed by atoms with Gasteiger partial charge < -0.3 is 10.4 Å². The Labute approximate surface area is 92.7 Å². The third-order valence-corrected chi connectivity index (χ3v) is 2.03. The second-order valence-electron chi connectivity index (χ2n) is 4.13. The van der Waals surface area contributed by atoms with Crippen LogP contribution in [0.1, 0.15) is 26.7 Å². The minimum Gasteiger partial charge on any atom is -0.481 e. The summed E-state index contributed by atoms with van der Waals surface area (Å²) in [5.41, 5.74) is -0.448. The molecule has 0 amide bonds. The van der Waals surface area contributed by atoms with Crippen LogP contribution in [-0.4, -0.2) is 26.6 Å². The Kier molecular flexibility index (Phi) is 3.76. The summed E-state index contributed by atoms with van der Waals surface area (Å²) < 4.78 is 12.5. The van der Waals surface area contributed by atoms with E-state index in [-0.39, 0.29) is 12.4 Å². The summed E-state index contributed by atoms with van der Waals surface area (Å²) in [6.45, 7) is 3.67. The molecule has 0 spiro atoms. The van der Waals surface area contributed by atoms with Crippen molar-refractivity contribution in [1.29, 1.82) is 0 Å². The van der Waals surface area contributed by atoms with Gasteiger partial charge in [-0.2, -0.15) is 0 Å². The fourth-order valence-corrected chi connectivity index (χ4v) is 1.16. The maximum atomic E-state index is 12.5. The molecule has 1 aromatic heterocycles. The molecule has 0 aliphatic carbocycles. The number of anilines is 1. The smallest absolute Gasteiger partial charge is 0.303 e. The van der Waals surface area contributed by atoms with E-state index < -0.39 is 17.3 Å². The minimum atomic E-state index is -0.852. The second kappa shape index (κ2) is 4.87. The van der Waals surface area contributed by atoms with E-state index in [9.17, 15) is 9.18 Å². The Bertz CT molecular complexity index is 365. The van der Waals surface area contributed by atoms with E-state index in [4.69, 9.17) is 5.11 Å². The molecular weight excluding hydrogens is 213 g/mol. The Hall–Kier alpha value is -1.72. The van der Waals surface area contributed by atoms with Gasteiger partial charge in [-0.05, 0) is 20.3 Å². The molecule has 0 aromatic carbocycles. The van der Waals surface area contributed by atoms with Crippen LogP contribution in [-0.2, 0) is 4.79 Å². The minimum absolute atomic E-state index is 0.0567. The van der Waals surface area contributed by atoms with Crippen molar-refractivity contribution in [2.45, 2.75) is 32.2 Å². The van der Waals surface area contributed by atoms with E-state index in [2.05, 4.69) is 15.3 Å². The molecular formula is C10H14FN3O2. The molecule has 0 bridgehead atoms. The zero-order chi connectivity index (χ0) is 12.2. The largest absolute Gasteiger partial charge is 0.481 e. The molecule has 1 heterocycles. The quantitative estimate of drug-likeness (QED) is 0.800. The lowest BCUT2D eigenvalue weighted by molar-refractivity contribution is -0.137. The highest BCUT2D eigenvalue weighted by Gasteiger charge is 2.19. The lowest BCUT2D eigenvalue weighted by Crippen LogP contribution is -2.32. The van der Waals surface area contributed by atoms with Gasteiger partial charge in [-0.25, -0.2) is 14.4 Å². The van der Waals surface area contributed by atoms with Crippen molar-refractivity contribution < 1.29 is 14.3 Å². The molecule has 0 atom stereocenters. The first-order valence-electron chi connectivity index (χ1n) is 4.86. The zero-order valence-corrected chi connectivity index (χ0v) is 9.20. The first-order valence-corrected chi connectivity index (χ1v) is 4.86. The SMILES string of the molecule is CC(C)(CCC(=O)O)Nc1ncc(F)cn1. The van der Waals surface area contributed by atoms with E-state index >= 15 is 0 Å². The zero-order valence-electron chi connectivity index (χ0n) is 9.20. The van der Waals surface area contributed by atoms with Crippen LogP contribution in [0, 0.1) is 5.82 Å². The normalized spacial score (nSPS) is 11.2. The van der Waals surface area contributed by atoms with Crippen LogP contribution in [0.2, 0.25) is 0 Å². The number of aromatic nitrogens is 2. The molecule has 0 saturated carbocycles. The summed E-state index contributed by atoms with van der Waals surface area (Å²) in [7, 11) is 0. The summed E-state index contributed by atoms with van der Waals surface area (Å²) >= 11 is 0. The third-order valence-electron chi connectivity index (χ3n) is 2.03. The van der Waals surface area contributed by atoms with Gasteiger partial charge in [-0.15, -0.1) is 0 Å². The van der Waals surface area contributed by atoms with E-state index in [1.165, 1.54) is 0 Å². The summed E-state index contributed by atoms with van der Waals surface area (Å²) in [6.07, 6.45) is 2.61. The van der Waals surface area contributed by atoms with E-state index in [0.717, 1.165) is 12.4 Å². The molecule has 88 valence electrons. The molecule has 1 aromatic rings. The maximum Gasteiger partial charge on any atom is 0.303 e. The molecule has 16 heavy (non-hydrogen) atoms. The lowest BCUT2D eigenvalue weighted by atomic mass is 9.99. The maximum absolute atomic E-state index is 12.5. The Balaban J connectivity index is 2.57. The Morgan fingerprint density at radius 3 is 2.56 bits per heavy atom. The summed E-state index contributed by atoms with van der Waals surface area (Å²) in [5, 5.41) is 11.5. The van der Waals surface area contributed by atoms with Gasteiger partial charge in [-0.3, -0.25) is 4.79 Å². The predicted molar refractivity (Wildman–Crippen MR) is 56.6 cm³/mol. The van der Waals surface area contributed by atoms with Crippen LogP contribution in [0.5, 0.6) is 0 Å². The number of halogens is 1. The van der Waals surface area contributed by atoms with Gasteiger partial charge in [-0.1, -0.05) is 0 Å².